The third kappa shape index (κ3) is 6.55. The van der Waals surface area contributed by atoms with Gasteiger partial charge in [0.1, 0.15) is 24.7 Å². The van der Waals surface area contributed by atoms with E-state index >= 15 is 0 Å². The monoisotopic (exact) mass is 484 g/mol. The Kier molecular flexibility index (Phi) is 7.88. The first-order valence-corrected chi connectivity index (χ1v) is 10.1. The number of hydrogen-bond donors (Lipinski definition) is 0. The lowest BCUT2D eigenvalue weighted by Gasteiger charge is -2.20. The summed E-state index contributed by atoms with van der Waals surface area (Å²) in [6.45, 7) is -0.368. The fourth-order valence-electron chi connectivity index (χ4n) is 2.63. The van der Waals surface area contributed by atoms with Crippen molar-refractivity contribution in [1.29, 1.82) is 0 Å². The largest absolute Gasteiger partial charge is 0.488 e. The highest BCUT2D eigenvalue weighted by Crippen LogP contribution is 2.35. The van der Waals surface area contributed by atoms with Gasteiger partial charge in [0.15, 0.2) is 0 Å². The molecule has 0 aromatic heterocycles. The first-order valence-electron chi connectivity index (χ1n) is 9.35. The topological polar surface area (TPSA) is 44.8 Å². The number of carbonyl (C=O) groups is 1. The molecule has 0 saturated heterocycles. The highest BCUT2D eigenvalue weighted by molar-refractivity contribution is 6.32. The molecule has 3 aromatic carbocycles. The molecule has 0 fully saturated rings. The van der Waals surface area contributed by atoms with Crippen LogP contribution in [0.2, 0.25) is 10.0 Å². The molecule has 0 amide bonds. The van der Waals surface area contributed by atoms with Crippen LogP contribution in [-0.2, 0) is 22.3 Å². The summed E-state index contributed by atoms with van der Waals surface area (Å²) in [5.41, 5.74) is -0.148. The van der Waals surface area contributed by atoms with E-state index in [9.17, 15) is 18.0 Å². The van der Waals surface area contributed by atoms with E-state index in [-0.39, 0.29) is 34.8 Å². The summed E-state index contributed by atoms with van der Waals surface area (Å²) in [5.74, 6) is -0.557. The molecule has 3 aromatic rings. The number of halogens is 5. The van der Waals surface area contributed by atoms with Gasteiger partial charge in [0, 0.05) is 0 Å². The maximum Gasteiger partial charge on any atom is 0.416 e. The van der Waals surface area contributed by atoms with Gasteiger partial charge in [0.25, 0.3) is 0 Å². The molecule has 4 nitrogen and oxygen atoms in total. The van der Waals surface area contributed by atoms with Gasteiger partial charge in [-0.05, 0) is 35.9 Å². The molecule has 0 aliphatic heterocycles. The fourth-order valence-corrected chi connectivity index (χ4v) is 3.04. The van der Waals surface area contributed by atoms with Crippen molar-refractivity contribution in [2.75, 3.05) is 6.61 Å². The molecular formula is C23H17Cl2F3O4. The minimum atomic E-state index is -4.54. The van der Waals surface area contributed by atoms with E-state index in [4.69, 9.17) is 37.4 Å². The lowest BCUT2D eigenvalue weighted by atomic mass is 10.2. The highest BCUT2D eigenvalue weighted by Gasteiger charge is 2.31. The van der Waals surface area contributed by atoms with Crippen LogP contribution < -0.4 is 9.47 Å². The molecule has 0 radical (unpaired) electrons. The van der Waals surface area contributed by atoms with Gasteiger partial charge < -0.3 is 14.2 Å². The number of rotatable bonds is 8. The second kappa shape index (κ2) is 10.6. The molecule has 168 valence electrons. The molecule has 1 unspecified atom stereocenters. The number of ether oxygens (including phenoxy) is 3. The lowest BCUT2D eigenvalue weighted by Crippen LogP contribution is -2.35. The van der Waals surface area contributed by atoms with Crippen LogP contribution in [0.4, 0.5) is 13.2 Å². The Labute approximate surface area is 192 Å². The van der Waals surface area contributed by atoms with Crippen LogP contribution >= 0.6 is 23.2 Å². The SMILES string of the molecule is O=C(OCc1ccccc1)C(COc1ccc(C(F)(F)F)cc1Cl)Oc1ccccc1Cl. The molecule has 0 aliphatic rings. The number of alkyl halides is 3. The molecule has 3 rings (SSSR count). The first kappa shape index (κ1) is 23.8. The van der Waals surface area contributed by atoms with E-state index in [1.807, 2.05) is 6.07 Å². The van der Waals surface area contributed by atoms with Crippen molar-refractivity contribution in [3.05, 3.63) is 94.0 Å². The van der Waals surface area contributed by atoms with E-state index in [0.717, 1.165) is 23.8 Å². The van der Waals surface area contributed by atoms with Gasteiger partial charge in [-0.3, -0.25) is 0 Å². The van der Waals surface area contributed by atoms with Crippen LogP contribution in [0.1, 0.15) is 11.1 Å². The summed E-state index contributed by atoms with van der Waals surface area (Å²) in [7, 11) is 0. The van der Waals surface area contributed by atoms with Gasteiger partial charge in [-0.25, -0.2) is 4.79 Å². The first-order chi connectivity index (χ1) is 15.2. The smallest absolute Gasteiger partial charge is 0.416 e. The minimum absolute atomic E-state index is 0.00307. The Morgan fingerprint density at radius 1 is 0.875 bits per heavy atom. The molecule has 9 heteroatoms. The third-order valence-corrected chi connectivity index (χ3v) is 4.85. The van der Waals surface area contributed by atoms with Crippen LogP contribution in [0.15, 0.2) is 72.8 Å². The van der Waals surface area contributed by atoms with E-state index in [0.29, 0.717) is 0 Å². The second-order valence-corrected chi connectivity index (χ2v) is 7.40. The molecule has 0 spiro atoms. The summed E-state index contributed by atoms with van der Waals surface area (Å²) >= 11 is 12.0. The van der Waals surface area contributed by atoms with Crippen LogP contribution in [0.25, 0.3) is 0 Å². The normalized spacial score (nSPS) is 12.2. The minimum Gasteiger partial charge on any atom is -0.488 e. The van der Waals surface area contributed by atoms with E-state index in [1.165, 1.54) is 0 Å². The summed E-state index contributed by atoms with van der Waals surface area (Å²) < 4.78 is 55.0. The van der Waals surface area contributed by atoms with Crippen LogP contribution in [0.3, 0.4) is 0 Å². The molecule has 0 bridgehead atoms. The maximum absolute atomic E-state index is 12.8. The van der Waals surface area contributed by atoms with E-state index in [2.05, 4.69) is 0 Å². The van der Waals surface area contributed by atoms with Crippen molar-refractivity contribution in [3.63, 3.8) is 0 Å². The van der Waals surface area contributed by atoms with Gasteiger partial charge in [-0.1, -0.05) is 65.7 Å². The number of carbonyl (C=O) groups excluding carboxylic acids is 1. The lowest BCUT2D eigenvalue weighted by molar-refractivity contribution is -0.154. The summed E-state index contributed by atoms with van der Waals surface area (Å²) in [6.07, 6.45) is -5.80. The molecule has 0 heterocycles. The van der Waals surface area contributed by atoms with Crippen molar-refractivity contribution in [2.45, 2.75) is 18.9 Å². The Morgan fingerprint density at radius 3 is 2.22 bits per heavy atom. The van der Waals surface area contributed by atoms with Crippen molar-refractivity contribution in [3.8, 4) is 11.5 Å². The zero-order valence-corrected chi connectivity index (χ0v) is 18.0. The fraction of sp³-hybridized carbons (Fsp3) is 0.174. The van der Waals surface area contributed by atoms with E-state index < -0.39 is 23.8 Å². The molecular weight excluding hydrogens is 468 g/mol. The standard InChI is InChI=1S/C23H17Cl2F3O4/c24-17-8-4-5-9-20(17)32-21(22(29)31-13-15-6-2-1-3-7-15)14-30-19-11-10-16(12-18(19)25)23(26,27)28/h1-12,21H,13-14H2. The molecule has 0 saturated carbocycles. The molecule has 32 heavy (non-hydrogen) atoms. The second-order valence-electron chi connectivity index (χ2n) is 6.58. The van der Waals surface area contributed by atoms with E-state index in [1.54, 1.807) is 48.5 Å². The van der Waals surface area contributed by atoms with Crippen molar-refractivity contribution >= 4 is 29.2 Å². The Balaban J connectivity index is 1.73. The van der Waals surface area contributed by atoms with Gasteiger partial charge >= 0.3 is 12.1 Å². The van der Waals surface area contributed by atoms with Crippen LogP contribution in [0.5, 0.6) is 11.5 Å². The summed E-state index contributed by atoms with van der Waals surface area (Å²) in [4.78, 5) is 12.7. The quantitative estimate of drug-likeness (QED) is 0.338. The Hall–Kier alpha value is -2.90. The predicted octanol–water partition coefficient (Wildman–Crippen LogP) is 6.58. The predicted molar refractivity (Wildman–Crippen MR) is 114 cm³/mol. The highest BCUT2D eigenvalue weighted by atomic mass is 35.5. The summed E-state index contributed by atoms with van der Waals surface area (Å²) in [6, 6.07) is 18.2. The van der Waals surface area contributed by atoms with Crippen molar-refractivity contribution in [2.24, 2.45) is 0 Å². The Morgan fingerprint density at radius 2 is 1.56 bits per heavy atom. The Bertz CT molecular complexity index is 1060. The van der Waals surface area contributed by atoms with Crippen LogP contribution in [0, 0.1) is 0 Å². The number of hydrogen-bond acceptors (Lipinski definition) is 4. The van der Waals surface area contributed by atoms with Gasteiger partial charge in [0.05, 0.1) is 15.6 Å². The van der Waals surface area contributed by atoms with Gasteiger partial charge in [0.2, 0.25) is 6.10 Å². The number of esters is 1. The maximum atomic E-state index is 12.8. The van der Waals surface area contributed by atoms with Gasteiger partial charge in [-0.15, -0.1) is 0 Å². The average molecular weight is 485 g/mol. The molecule has 0 aliphatic carbocycles. The zero-order chi connectivity index (χ0) is 23.1. The van der Waals surface area contributed by atoms with Gasteiger partial charge in [-0.2, -0.15) is 13.2 Å². The van der Waals surface area contributed by atoms with Crippen LogP contribution in [-0.4, -0.2) is 18.7 Å². The van der Waals surface area contributed by atoms with Crippen molar-refractivity contribution < 1.29 is 32.2 Å². The molecule has 0 N–H and O–H groups in total. The zero-order valence-electron chi connectivity index (χ0n) is 16.4. The van der Waals surface area contributed by atoms with Crippen molar-refractivity contribution in [1.82, 2.24) is 0 Å². The third-order valence-electron chi connectivity index (χ3n) is 4.24. The average Bonchev–Trinajstić information content (AvgIpc) is 2.77. The summed E-state index contributed by atoms with van der Waals surface area (Å²) in [5, 5.41) is 0.00916. The number of benzene rings is 3. The number of para-hydroxylation sites is 1. The molecule has 1 atom stereocenters.